The van der Waals surface area contributed by atoms with E-state index in [0.29, 0.717) is 11.7 Å². The van der Waals surface area contributed by atoms with Gasteiger partial charge in [-0.1, -0.05) is 18.2 Å². The molecule has 0 radical (unpaired) electrons. The Morgan fingerprint density at radius 1 is 1.30 bits per heavy atom. The SMILES string of the molecule is NCCC1CCN(C(=O)c2cc3ccccc3o2)CC1. The molecule has 1 saturated heterocycles. The van der Waals surface area contributed by atoms with Crippen LogP contribution in [0.25, 0.3) is 11.0 Å². The molecule has 0 atom stereocenters. The first-order valence-corrected chi connectivity index (χ1v) is 7.26. The maximum Gasteiger partial charge on any atom is 0.289 e. The number of carbonyl (C=O) groups excluding carboxylic acids is 1. The Morgan fingerprint density at radius 3 is 2.75 bits per heavy atom. The van der Waals surface area contributed by atoms with Crippen LogP contribution >= 0.6 is 0 Å². The number of amides is 1. The molecule has 1 amide bonds. The van der Waals surface area contributed by atoms with Crippen molar-refractivity contribution in [1.82, 2.24) is 4.90 Å². The number of benzene rings is 1. The molecule has 106 valence electrons. The third kappa shape index (κ3) is 2.56. The summed E-state index contributed by atoms with van der Waals surface area (Å²) in [5, 5.41) is 0.980. The first kappa shape index (κ1) is 13.2. The highest BCUT2D eigenvalue weighted by Gasteiger charge is 2.25. The molecular formula is C16H20N2O2. The largest absolute Gasteiger partial charge is 0.451 e. The Kier molecular flexibility index (Phi) is 3.74. The van der Waals surface area contributed by atoms with E-state index in [1.165, 1.54) is 0 Å². The van der Waals surface area contributed by atoms with Gasteiger partial charge in [0.15, 0.2) is 5.76 Å². The summed E-state index contributed by atoms with van der Waals surface area (Å²) in [6.45, 7) is 2.35. The molecule has 0 spiro atoms. The van der Waals surface area contributed by atoms with Crippen LogP contribution < -0.4 is 5.73 Å². The van der Waals surface area contributed by atoms with Crippen LogP contribution in [0, 0.1) is 5.92 Å². The Balaban J connectivity index is 1.70. The second-order valence-electron chi connectivity index (χ2n) is 5.46. The van der Waals surface area contributed by atoms with Gasteiger partial charge in [0, 0.05) is 18.5 Å². The molecule has 3 rings (SSSR count). The van der Waals surface area contributed by atoms with E-state index in [4.69, 9.17) is 10.2 Å². The molecule has 0 unspecified atom stereocenters. The molecule has 2 N–H and O–H groups in total. The van der Waals surface area contributed by atoms with Crippen molar-refractivity contribution >= 4 is 16.9 Å². The van der Waals surface area contributed by atoms with Gasteiger partial charge in [0.05, 0.1) is 0 Å². The Morgan fingerprint density at radius 2 is 2.05 bits per heavy atom. The number of nitrogens with two attached hydrogens (primary N) is 1. The fraction of sp³-hybridized carbons (Fsp3) is 0.438. The number of piperidine rings is 1. The molecule has 1 aromatic carbocycles. The summed E-state index contributed by atoms with van der Waals surface area (Å²) in [6, 6.07) is 9.55. The van der Waals surface area contributed by atoms with Gasteiger partial charge in [0.25, 0.3) is 5.91 Å². The van der Waals surface area contributed by atoms with Gasteiger partial charge in [-0.3, -0.25) is 4.79 Å². The Labute approximate surface area is 118 Å². The third-order valence-electron chi connectivity index (χ3n) is 4.11. The molecule has 0 aliphatic carbocycles. The van der Waals surface area contributed by atoms with Crippen LogP contribution in [0.15, 0.2) is 34.7 Å². The fourth-order valence-corrected chi connectivity index (χ4v) is 2.90. The van der Waals surface area contributed by atoms with Crippen LogP contribution in [-0.2, 0) is 0 Å². The molecule has 20 heavy (non-hydrogen) atoms. The van der Waals surface area contributed by atoms with Gasteiger partial charge >= 0.3 is 0 Å². The van der Waals surface area contributed by atoms with E-state index >= 15 is 0 Å². The number of hydrogen-bond acceptors (Lipinski definition) is 3. The van der Waals surface area contributed by atoms with Crippen LogP contribution in [0.4, 0.5) is 0 Å². The smallest absolute Gasteiger partial charge is 0.289 e. The Bertz CT molecular complexity index is 564. The molecule has 1 aliphatic heterocycles. The molecule has 2 heterocycles. The predicted molar refractivity (Wildman–Crippen MR) is 78.5 cm³/mol. The lowest BCUT2D eigenvalue weighted by Gasteiger charge is -2.31. The van der Waals surface area contributed by atoms with Gasteiger partial charge in [-0.2, -0.15) is 0 Å². The summed E-state index contributed by atoms with van der Waals surface area (Å²) in [5.41, 5.74) is 6.36. The zero-order chi connectivity index (χ0) is 13.9. The van der Waals surface area contributed by atoms with Crippen LogP contribution in [0.1, 0.15) is 29.8 Å². The number of hydrogen-bond donors (Lipinski definition) is 1. The lowest BCUT2D eigenvalue weighted by molar-refractivity contribution is 0.0658. The summed E-state index contributed by atoms with van der Waals surface area (Å²) in [5.74, 6) is 1.12. The molecule has 2 aromatic rings. The topological polar surface area (TPSA) is 59.5 Å². The number of rotatable bonds is 3. The minimum atomic E-state index is 0.00685. The summed E-state index contributed by atoms with van der Waals surface area (Å²) in [4.78, 5) is 14.3. The van der Waals surface area contributed by atoms with E-state index in [9.17, 15) is 4.79 Å². The van der Waals surface area contributed by atoms with Gasteiger partial charge in [-0.15, -0.1) is 0 Å². The molecule has 1 fully saturated rings. The summed E-state index contributed by atoms with van der Waals surface area (Å²) in [7, 11) is 0. The molecule has 1 aromatic heterocycles. The highest BCUT2D eigenvalue weighted by atomic mass is 16.3. The van der Waals surface area contributed by atoms with E-state index in [0.717, 1.165) is 49.9 Å². The summed E-state index contributed by atoms with van der Waals surface area (Å²) < 4.78 is 5.65. The minimum Gasteiger partial charge on any atom is -0.451 e. The zero-order valence-electron chi connectivity index (χ0n) is 11.5. The standard InChI is InChI=1S/C16H20N2O2/c17-8-5-12-6-9-18(10-7-12)16(19)15-11-13-3-1-2-4-14(13)20-15/h1-4,11-12H,5-10,17H2. The highest BCUT2D eigenvalue weighted by Crippen LogP contribution is 2.24. The van der Waals surface area contributed by atoms with Gasteiger partial charge in [0.1, 0.15) is 5.58 Å². The van der Waals surface area contributed by atoms with Crippen molar-refractivity contribution in [3.05, 3.63) is 36.1 Å². The van der Waals surface area contributed by atoms with Crippen LogP contribution in [0.2, 0.25) is 0 Å². The average molecular weight is 272 g/mol. The van der Waals surface area contributed by atoms with E-state index < -0.39 is 0 Å². The van der Waals surface area contributed by atoms with Crippen molar-refractivity contribution in [2.24, 2.45) is 11.7 Å². The van der Waals surface area contributed by atoms with E-state index in [2.05, 4.69) is 0 Å². The van der Waals surface area contributed by atoms with Crippen LogP contribution in [0.3, 0.4) is 0 Å². The molecule has 1 aliphatic rings. The second-order valence-corrected chi connectivity index (χ2v) is 5.46. The molecule has 0 bridgehead atoms. The van der Waals surface area contributed by atoms with E-state index in [1.54, 1.807) is 0 Å². The zero-order valence-corrected chi connectivity index (χ0v) is 11.5. The summed E-state index contributed by atoms with van der Waals surface area (Å²) in [6.07, 6.45) is 3.15. The fourth-order valence-electron chi connectivity index (χ4n) is 2.90. The monoisotopic (exact) mass is 272 g/mol. The molecule has 4 nitrogen and oxygen atoms in total. The molecule has 0 saturated carbocycles. The van der Waals surface area contributed by atoms with E-state index in [1.807, 2.05) is 35.2 Å². The number of fused-ring (bicyclic) bond motifs is 1. The average Bonchev–Trinajstić information content (AvgIpc) is 2.91. The maximum absolute atomic E-state index is 12.4. The quantitative estimate of drug-likeness (QED) is 0.934. The van der Waals surface area contributed by atoms with Crippen molar-refractivity contribution in [2.45, 2.75) is 19.3 Å². The number of nitrogens with zero attached hydrogens (tertiary/aromatic N) is 1. The first-order valence-electron chi connectivity index (χ1n) is 7.26. The maximum atomic E-state index is 12.4. The number of furan rings is 1. The summed E-state index contributed by atoms with van der Waals surface area (Å²) >= 11 is 0. The van der Waals surface area contributed by atoms with Crippen molar-refractivity contribution in [3.8, 4) is 0 Å². The van der Waals surface area contributed by atoms with Crippen molar-refractivity contribution in [2.75, 3.05) is 19.6 Å². The van der Waals surface area contributed by atoms with Gasteiger partial charge in [0.2, 0.25) is 0 Å². The molecular weight excluding hydrogens is 252 g/mol. The Hall–Kier alpha value is -1.81. The minimum absolute atomic E-state index is 0.00685. The van der Waals surface area contributed by atoms with Gasteiger partial charge in [-0.25, -0.2) is 0 Å². The number of para-hydroxylation sites is 1. The molecule has 4 heteroatoms. The predicted octanol–water partition coefficient (Wildman–Crippen LogP) is 2.63. The van der Waals surface area contributed by atoms with Crippen LogP contribution in [-0.4, -0.2) is 30.4 Å². The highest BCUT2D eigenvalue weighted by molar-refractivity contribution is 5.96. The second kappa shape index (κ2) is 5.67. The third-order valence-corrected chi connectivity index (χ3v) is 4.11. The van der Waals surface area contributed by atoms with Gasteiger partial charge in [-0.05, 0) is 43.9 Å². The van der Waals surface area contributed by atoms with Crippen LogP contribution in [0.5, 0.6) is 0 Å². The van der Waals surface area contributed by atoms with Crippen molar-refractivity contribution in [1.29, 1.82) is 0 Å². The first-order chi connectivity index (χ1) is 9.78. The lowest BCUT2D eigenvalue weighted by Crippen LogP contribution is -2.38. The number of carbonyl (C=O) groups is 1. The van der Waals surface area contributed by atoms with Gasteiger partial charge < -0.3 is 15.1 Å². The van der Waals surface area contributed by atoms with Crippen molar-refractivity contribution < 1.29 is 9.21 Å². The normalized spacial score (nSPS) is 16.8. The number of likely N-dealkylation sites (tertiary alicyclic amines) is 1. The van der Waals surface area contributed by atoms with Crippen molar-refractivity contribution in [3.63, 3.8) is 0 Å². The van der Waals surface area contributed by atoms with E-state index in [-0.39, 0.29) is 5.91 Å². The lowest BCUT2D eigenvalue weighted by atomic mass is 9.93.